The molecule has 4 nitrogen and oxygen atoms in total. The number of nitrogens with zero attached hydrogens (tertiary/aromatic N) is 2. The molecule has 5 heteroatoms. The highest BCUT2D eigenvalue weighted by Gasteiger charge is 2.24. The molecule has 1 aliphatic heterocycles. The molecule has 2 atom stereocenters. The van der Waals surface area contributed by atoms with E-state index in [1.54, 1.807) is 11.3 Å². The van der Waals surface area contributed by atoms with E-state index < -0.39 is 0 Å². The summed E-state index contributed by atoms with van der Waals surface area (Å²) in [4.78, 5) is 18.6. The van der Waals surface area contributed by atoms with Crippen molar-refractivity contribution in [3.05, 3.63) is 34.7 Å². The third kappa shape index (κ3) is 2.29. The second-order valence-corrected chi connectivity index (χ2v) is 7.41. The molecule has 3 heterocycles. The van der Waals surface area contributed by atoms with Gasteiger partial charge in [-0.15, -0.1) is 0 Å². The Hall–Kier alpha value is -1.88. The number of rotatable bonds is 1. The number of piperidine rings is 1. The lowest BCUT2D eigenvalue weighted by molar-refractivity contribution is 0.357. The number of aromatic nitrogens is 1. The van der Waals surface area contributed by atoms with Gasteiger partial charge in [0, 0.05) is 24.5 Å². The number of fused-ring (bicyclic) bond motifs is 3. The van der Waals surface area contributed by atoms with Gasteiger partial charge in [-0.1, -0.05) is 25.2 Å². The fraction of sp³-hybridized carbons (Fsp3) is 0.412. The van der Waals surface area contributed by atoms with E-state index in [-0.39, 0.29) is 5.63 Å². The van der Waals surface area contributed by atoms with Crippen LogP contribution in [-0.4, -0.2) is 18.1 Å². The highest BCUT2D eigenvalue weighted by Crippen LogP contribution is 2.36. The van der Waals surface area contributed by atoms with E-state index in [0.717, 1.165) is 33.8 Å². The number of hydrogen-bond acceptors (Lipinski definition) is 5. The van der Waals surface area contributed by atoms with E-state index in [9.17, 15) is 4.79 Å². The van der Waals surface area contributed by atoms with Crippen molar-refractivity contribution in [2.75, 3.05) is 18.0 Å². The summed E-state index contributed by atoms with van der Waals surface area (Å²) in [6.07, 6.45) is 1.29. The van der Waals surface area contributed by atoms with E-state index in [2.05, 4.69) is 18.7 Å². The molecule has 114 valence electrons. The Morgan fingerprint density at radius 1 is 1.18 bits per heavy atom. The number of hydrogen-bond donors (Lipinski definition) is 0. The van der Waals surface area contributed by atoms with E-state index in [1.807, 2.05) is 18.2 Å². The molecule has 1 saturated heterocycles. The van der Waals surface area contributed by atoms with Crippen molar-refractivity contribution in [2.45, 2.75) is 20.3 Å². The lowest BCUT2D eigenvalue weighted by atomic mass is 9.92. The van der Waals surface area contributed by atoms with Crippen LogP contribution in [0.3, 0.4) is 0 Å². The zero-order valence-corrected chi connectivity index (χ0v) is 13.5. The van der Waals surface area contributed by atoms with Crippen molar-refractivity contribution in [1.82, 2.24) is 4.98 Å². The van der Waals surface area contributed by atoms with Crippen LogP contribution in [0.1, 0.15) is 20.3 Å². The molecule has 0 N–H and O–H groups in total. The molecule has 1 aromatic carbocycles. The van der Waals surface area contributed by atoms with E-state index in [0.29, 0.717) is 17.4 Å². The Balaban J connectivity index is 1.83. The first-order chi connectivity index (χ1) is 10.6. The van der Waals surface area contributed by atoms with Gasteiger partial charge in [0.1, 0.15) is 5.58 Å². The highest BCUT2D eigenvalue weighted by atomic mass is 32.1. The topological polar surface area (TPSA) is 46.3 Å². The van der Waals surface area contributed by atoms with E-state index >= 15 is 0 Å². The third-order valence-electron chi connectivity index (χ3n) is 4.28. The van der Waals surface area contributed by atoms with Crippen LogP contribution in [0.2, 0.25) is 0 Å². The van der Waals surface area contributed by atoms with Crippen LogP contribution < -0.4 is 10.5 Å². The molecule has 0 spiro atoms. The minimum absolute atomic E-state index is 0.310. The Morgan fingerprint density at radius 2 is 1.95 bits per heavy atom. The Bertz CT molecular complexity index is 888. The average molecular weight is 314 g/mol. The van der Waals surface area contributed by atoms with Gasteiger partial charge in [-0.2, -0.15) is 0 Å². The van der Waals surface area contributed by atoms with Gasteiger partial charge in [0.15, 0.2) is 5.13 Å². The molecule has 2 unspecified atom stereocenters. The highest BCUT2D eigenvalue weighted by molar-refractivity contribution is 7.23. The first kappa shape index (κ1) is 13.8. The number of thiazole rings is 1. The molecule has 0 saturated carbocycles. The molecule has 2 aromatic heterocycles. The molecule has 3 aromatic rings. The lowest BCUT2D eigenvalue weighted by Crippen LogP contribution is -2.38. The summed E-state index contributed by atoms with van der Waals surface area (Å²) in [5, 5.41) is 2.05. The molecule has 0 bridgehead atoms. The second kappa shape index (κ2) is 5.09. The largest absolute Gasteiger partial charge is 0.423 e. The maximum absolute atomic E-state index is 11.4. The summed E-state index contributed by atoms with van der Waals surface area (Å²) in [7, 11) is 0. The van der Waals surface area contributed by atoms with Gasteiger partial charge in [-0.05, 0) is 36.5 Å². The molecular weight excluding hydrogens is 296 g/mol. The molecule has 0 amide bonds. The van der Waals surface area contributed by atoms with Gasteiger partial charge < -0.3 is 9.32 Å². The lowest BCUT2D eigenvalue weighted by Gasteiger charge is -2.34. The summed E-state index contributed by atoms with van der Waals surface area (Å²) < 4.78 is 6.37. The van der Waals surface area contributed by atoms with E-state index in [4.69, 9.17) is 9.40 Å². The number of benzene rings is 1. The van der Waals surface area contributed by atoms with Crippen molar-refractivity contribution in [2.24, 2.45) is 11.8 Å². The average Bonchev–Trinajstić information content (AvgIpc) is 2.90. The number of anilines is 1. The van der Waals surface area contributed by atoms with Crippen LogP contribution in [-0.2, 0) is 0 Å². The van der Waals surface area contributed by atoms with Gasteiger partial charge in [-0.3, -0.25) is 0 Å². The maximum atomic E-state index is 11.4. The predicted molar refractivity (Wildman–Crippen MR) is 90.8 cm³/mol. The van der Waals surface area contributed by atoms with Crippen molar-refractivity contribution >= 4 is 37.7 Å². The molecule has 4 rings (SSSR count). The zero-order valence-electron chi connectivity index (χ0n) is 12.7. The Morgan fingerprint density at radius 3 is 2.73 bits per heavy atom. The van der Waals surface area contributed by atoms with Gasteiger partial charge in [0.25, 0.3) is 0 Å². The quantitative estimate of drug-likeness (QED) is 0.639. The van der Waals surface area contributed by atoms with Crippen molar-refractivity contribution in [3.63, 3.8) is 0 Å². The molecule has 0 radical (unpaired) electrons. The fourth-order valence-corrected chi connectivity index (χ4v) is 4.58. The van der Waals surface area contributed by atoms with Crippen LogP contribution in [0.4, 0.5) is 5.13 Å². The monoisotopic (exact) mass is 314 g/mol. The summed E-state index contributed by atoms with van der Waals surface area (Å²) in [5.74, 6) is 1.40. The van der Waals surface area contributed by atoms with Crippen LogP contribution in [0.25, 0.3) is 21.2 Å². The summed E-state index contributed by atoms with van der Waals surface area (Å²) >= 11 is 1.70. The van der Waals surface area contributed by atoms with Crippen LogP contribution in [0.5, 0.6) is 0 Å². The van der Waals surface area contributed by atoms with Gasteiger partial charge in [0.05, 0.1) is 10.2 Å². The fourth-order valence-electron chi connectivity index (χ4n) is 3.48. The standard InChI is InChI=1S/C17H18N2O2S/c1-10-7-11(2)9-19(8-10)17-18-13-4-5-14-12(16(13)22-17)3-6-15(20)21-14/h3-6,10-11H,7-9H2,1-2H3. The van der Waals surface area contributed by atoms with Crippen LogP contribution >= 0.6 is 11.3 Å². The van der Waals surface area contributed by atoms with Crippen molar-refractivity contribution < 1.29 is 4.42 Å². The van der Waals surface area contributed by atoms with Crippen molar-refractivity contribution in [3.8, 4) is 0 Å². The first-order valence-electron chi connectivity index (χ1n) is 7.68. The van der Waals surface area contributed by atoms with E-state index in [1.165, 1.54) is 12.5 Å². The smallest absolute Gasteiger partial charge is 0.336 e. The van der Waals surface area contributed by atoms with Gasteiger partial charge in [0.2, 0.25) is 0 Å². The predicted octanol–water partition coefficient (Wildman–Crippen LogP) is 3.89. The zero-order chi connectivity index (χ0) is 15.3. The summed E-state index contributed by atoms with van der Waals surface area (Å²) in [5.41, 5.74) is 1.30. The van der Waals surface area contributed by atoms with Crippen LogP contribution in [0.15, 0.2) is 33.5 Å². The second-order valence-electron chi connectivity index (χ2n) is 6.43. The molecule has 1 fully saturated rings. The minimum Gasteiger partial charge on any atom is -0.423 e. The van der Waals surface area contributed by atoms with Crippen LogP contribution in [0, 0.1) is 11.8 Å². The normalized spacial score (nSPS) is 22.5. The Kier molecular flexibility index (Phi) is 3.18. The third-order valence-corrected chi connectivity index (χ3v) is 5.45. The molecule has 22 heavy (non-hydrogen) atoms. The van der Waals surface area contributed by atoms with Crippen molar-refractivity contribution in [1.29, 1.82) is 0 Å². The first-order valence-corrected chi connectivity index (χ1v) is 8.50. The summed E-state index contributed by atoms with van der Waals surface area (Å²) in [6.45, 7) is 6.74. The maximum Gasteiger partial charge on any atom is 0.336 e. The molecule has 1 aliphatic rings. The summed E-state index contributed by atoms with van der Waals surface area (Å²) in [6, 6.07) is 7.10. The Labute approximate surface area is 132 Å². The minimum atomic E-state index is -0.310. The SMILES string of the molecule is CC1CC(C)CN(c2nc3ccc4oc(=O)ccc4c3s2)C1. The van der Waals surface area contributed by atoms with Gasteiger partial charge in [-0.25, -0.2) is 9.78 Å². The van der Waals surface area contributed by atoms with Gasteiger partial charge >= 0.3 is 5.63 Å². The molecular formula is C17H18N2O2S. The molecule has 0 aliphatic carbocycles.